The second-order valence-electron chi connectivity index (χ2n) is 7.59. The molecule has 0 aliphatic carbocycles. The highest BCUT2D eigenvalue weighted by Crippen LogP contribution is 2.33. The molecule has 0 spiro atoms. The summed E-state index contributed by atoms with van der Waals surface area (Å²) in [6.45, 7) is 4.14. The quantitative estimate of drug-likeness (QED) is 0.143. The molecule has 4 aromatic rings. The van der Waals surface area contributed by atoms with Gasteiger partial charge in [0, 0.05) is 6.07 Å². The molecule has 9 nitrogen and oxygen atoms in total. The fourth-order valence-electron chi connectivity index (χ4n) is 3.26. The monoisotopic (exact) mass is 479 g/mol. The summed E-state index contributed by atoms with van der Waals surface area (Å²) in [4.78, 5) is 40.1. The Morgan fingerprint density at radius 1 is 1.18 bits per heavy atom. The van der Waals surface area contributed by atoms with Crippen LogP contribution in [0.5, 0.6) is 0 Å². The third-order valence-electron chi connectivity index (χ3n) is 5.02. The minimum absolute atomic E-state index is 0.00989. The number of nitro groups is 1. The number of aromatic nitrogens is 1. The van der Waals surface area contributed by atoms with Crippen LogP contribution in [0.1, 0.15) is 46.2 Å². The number of carbonyl (C=O) groups is 2. The van der Waals surface area contributed by atoms with E-state index in [0.717, 1.165) is 23.1 Å². The number of rotatable bonds is 8. The second kappa shape index (κ2) is 9.84. The maximum Gasteiger partial charge on any atom is 0.338 e. The number of esters is 1. The predicted octanol–water partition coefficient (Wildman–Crippen LogP) is 5.98. The minimum atomic E-state index is -0.542. The highest BCUT2D eigenvalue weighted by molar-refractivity contribution is 7.22. The second-order valence-corrected chi connectivity index (χ2v) is 8.62. The molecule has 4 rings (SSSR count). The van der Waals surface area contributed by atoms with Gasteiger partial charge in [0.15, 0.2) is 10.9 Å². The summed E-state index contributed by atoms with van der Waals surface area (Å²) >= 11 is 1.21. The van der Waals surface area contributed by atoms with Crippen LogP contribution in [0.2, 0.25) is 0 Å². The largest absolute Gasteiger partial charge is 0.462 e. The molecule has 0 atom stereocenters. The van der Waals surface area contributed by atoms with Crippen molar-refractivity contribution in [2.24, 2.45) is 0 Å². The zero-order valence-corrected chi connectivity index (χ0v) is 19.3. The van der Waals surface area contributed by atoms with Gasteiger partial charge in [0.25, 0.3) is 11.6 Å². The molecule has 0 saturated heterocycles. The Kier molecular flexibility index (Phi) is 6.69. The Morgan fingerprint density at radius 3 is 2.76 bits per heavy atom. The van der Waals surface area contributed by atoms with Gasteiger partial charge in [0.1, 0.15) is 5.76 Å². The third kappa shape index (κ3) is 4.96. The summed E-state index contributed by atoms with van der Waals surface area (Å²) in [7, 11) is 0. The maximum atomic E-state index is 12.7. The summed E-state index contributed by atoms with van der Waals surface area (Å²) in [6.07, 6.45) is 1.74. The van der Waals surface area contributed by atoms with E-state index in [1.165, 1.54) is 29.5 Å². The van der Waals surface area contributed by atoms with Crippen LogP contribution in [0.4, 0.5) is 10.8 Å². The Morgan fingerprint density at radius 2 is 2.00 bits per heavy atom. The lowest BCUT2D eigenvalue weighted by molar-refractivity contribution is -0.384. The van der Waals surface area contributed by atoms with E-state index in [4.69, 9.17) is 9.15 Å². The number of aryl methyl sites for hydroxylation is 1. The summed E-state index contributed by atoms with van der Waals surface area (Å²) in [6, 6.07) is 12.7. The zero-order valence-electron chi connectivity index (χ0n) is 18.5. The van der Waals surface area contributed by atoms with E-state index in [1.54, 1.807) is 37.3 Å². The first-order valence-electron chi connectivity index (χ1n) is 10.6. The number of amides is 1. The van der Waals surface area contributed by atoms with Crippen LogP contribution in [0.25, 0.3) is 21.5 Å². The molecule has 174 valence electrons. The molecular formula is C24H21N3O6S. The summed E-state index contributed by atoms with van der Waals surface area (Å²) in [5.41, 5.74) is 1.97. The standard InChI is InChI=1S/C24H21N3O6S/c1-3-4-11-32-23(29)15-6-8-17-21(13-15)34-24(25-17)26-22(28)20-10-9-19(33-20)16-7-5-14(2)12-18(16)27(30)31/h5-10,12-13H,3-4,11H2,1-2H3,(H,25,26,28). The number of anilines is 1. The number of ether oxygens (including phenoxy) is 1. The summed E-state index contributed by atoms with van der Waals surface area (Å²) < 4.78 is 11.6. The number of unbranched alkanes of at least 4 members (excludes halogenated alkanes) is 1. The van der Waals surface area contributed by atoms with Gasteiger partial charge >= 0.3 is 5.97 Å². The van der Waals surface area contributed by atoms with Crippen molar-refractivity contribution in [2.45, 2.75) is 26.7 Å². The lowest BCUT2D eigenvalue weighted by atomic mass is 10.1. The predicted molar refractivity (Wildman–Crippen MR) is 128 cm³/mol. The molecule has 0 radical (unpaired) electrons. The molecule has 0 fully saturated rings. The fourth-order valence-corrected chi connectivity index (χ4v) is 4.16. The average Bonchev–Trinajstić information content (AvgIpc) is 3.45. The SMILES string of the molecule is CCCCOC(=O)c1ccc2nc(NC(=O)c3ccc(-c4ccc(C)cc4[N+](=O)[O-])o3)sc2c1. The highest BCUT2D eigenvalue weighted by Gasteiger charge is 2.21. The molecule has 1 amide bonds. The topological polar surface area (TPSA) is 125 Å². The Hall–Kier alpha value is -4.05. The normalized spacial score (nSPS) is 10.9. The molecule has 0 aliphatic rings. The molecule has 1 N–H and O–H groups in total. The smallest absolute Gasteiger partial charge is 0.338 e. The number of hydrogen-bond donors (Lipinski definition) is 1. The van der Waals surface area contributed by atoms with Gasteiger partial charge in [-0.3, -0.25) is 20.2 Å². The summed E-state index contributed by atoms with van der Waals surface area (Å²) in [5, 5.41) is 14.4. The van der Waals surface area contributed by atoms with Crippen LogP contribution in [-0.2, 0) is 4.74 Å². The maximum absolute atomic E-state index is 12.7. The van der Waals surface area contributed by atoms with Gasteiger partial charge < -0.3 is 9.15 Å². The van der Waals surface area contributed by atoms with E-state index in [-0.39, 0.29) is 22.8 Å². The lowest BCUT2D eigenvalue weighted by Gasteiger charge is -2.03. The van der Waals surface area contributed by atoms with Crippen molar-refractivity contribution in [3.8, 4) is 11.3 Å². The Balaban J connectivity index is 1.50. The molecule has 0 saturated carbocycles. The number of benzene rings is 2. The average molecular weight is 480 g/mol. The van der Waals surface area contributed by atoms with Gasteiger partial charge in [-0.25, -0.2) is 9.78 Å². The van der Waals surface area contributed by atoms with Crippen LogP contribution in [0.3, 0.4) is 0 Å². The van der Waals surface area contributed by atoms with Crippen molar-refractivity contribution < 1.29 is 23.7 Å². The molecule has 2 heterocycles. The van der Waals surface area contributed by atoms with Gasteiger partial charge in [-0.2, -0.15) is 0 Å². The molecule has 10 heteroatoms. The van der Waals surface area contributed by atoms with Crippen LogP contribution >= 0.6 is 11.3 Å². The molecule has 0 aliphatic heterocycles. The molecule has 2 aromatic carbocycles. The molecule has 2 aromatic heterocycles. The number of furan rings is 1. The number of carbonyl (C=O) groups excluding carboxylic acids is 2. The summed E-state index contributed by atoms with van der Waals surface area (Å²) in [5.74, 6) is -0.737. The molecular weight excluding hydrogens is 458 g/mol. The van der Waals surface area contributed by atoms with E-state index in [2.05, 4.69) is 10.3 Å². The van der Waals surface area contributed by atoms with Gasteiger partial charge in [-0.15, -0.1) is 0 Å². The van der Waals surface area contributed by atoms with Crippen LogP contribution in [0.15, 0.2) is 52.9 Å². The molecule has 34 heavy (non-hydrogen) atoms. The van der Waals surface area contributed by atoms with Crippen LogP contribution in [0, 0.1) is 17.0 Å². The van der Waals surface area contributed by atoms with E-state index in [0.29, 0.717) is 22.8 Å². The lowest BCUT2D eigenvalue weighted by Crippen LogP contribution is -2.10. The van der Waals surface area contributed by atoms with E-state index < -0.39 is 16.8 Å². The van der Waals surface area contributed by atoms with Crippen LogP contribution in [-0.4, -0.2) is 28.4 Å². The number of nitrogens with one attached hydrogen (secondary N) is 1. The number of hydrogen-bond acceptors (Lipinski definition) is 8. The van der Waals surface area contributed by atoms with Crippen LogP contribution < -0.4 is 5.32 Å². The van der Waals surface area contributed by atoms with Crippen molar-refractivity contribution >= 4 is 44.2 Å². The van der Waals surface area contributed by atoms with E-state index in [1.807, 2.05) is 6.92 Å². The number of nitro benzene ring substituents is 1. The molecule has 0 unspecified atom stereocenters. The van der Waals surface area contributed by atoms with Crippen molar-refractivity contribution in [2.75, 3.05) is 11.9 Å². The Bertz CT molecular complexity index is 1390. The van der Waals surface area contributed by atoms with Gasteiger partial charge in [0.05, 0.1) is 32.9 Å². The zero-order chi connectivity index (χ0) is 24.2. The number of thiazole rings is 1. The Labute approximate surface area is 198 Å². The third-order valence-corrected chi connectivity index (χ3v) is 5.95. The fraction of sp³-hybridized carbons (Fsp3) is 0.208. The van der Waals surface area contributed by atoms with Gasteiger partial charge in [-0.05, 0) is 55.3 Å². The number of nitrogens with zero attached hydrogens (tertiary/aromatic N) is 2. The van der Waals surface area contributed by atoms with Crippen molar-refractivity contribution in [1.29, 1.82) is 0 Å². The van der Waals surface area contributed by atoms with Crippen molar-refractivity contribution in [3.63, 3.8) is 0 Å². The van der Waals surface area contributed by atoms with Gasteiger partial charge in [0.2, 0.25) is 0 Å². The first kappa shape index (κ1) is 23.1. The van der Waals surface area contributed by atoms with Crippen molar-refractivity contribution in [3.05, 3.63) is 75.5 Å². The van der Waals surface area contributed by atoms with E-state index in [9.17, 15) is 19.7 Å². The minimum Gasteiger partial charge on any atom is -0.462 e. The first-order chi connectivity index (χ1) is 16.4. The van der Waals surface area contributed by atoms with E-state index >= 15 is 0 Å². The number of fused-ring (bicyclic) bond motifs is 1. The van der Waals surface area contributed by atoms with Crippen molar-refractivity contribution in [1.82, 2.24) is 4.98 Å². The first-order valence-corrected chi connectivity index (χ1v) is 11.4. The highest BCUT2D eigenvalue weighted by atomic mass is 32.1. The molecule has 0 bridgehead atoms. The van der Waals surface area contributed by atoms with Gasteiger partial charge in [-0.1, -0.05) is 30.7 Å².